The Bertz CT molecular complexity index is 224. The van der Waals surface area contributed by atoms with Gasteiger partial charge in [0.2, 0.25) is 0 Å². The van der Waals surface area contributed by atoms with E-state index in [-0.39, 0.29) is 13.2 Å². The van der Waals surface area contributed by atoms with Crippen LogP contribution in [0.25, 0.3) is 0 Å². The summed E-state index contributed by atoms with van der Waals surface area (Å²) in [6.45, 7) is 2.73. The van der Waals surface area contributed by atoms with E-state index >= 15 is 0 Å². The van der Waals surface area contributed by atoms with Gasteiger partial charge in [0.25, 0.3) is 0 Å². The Morgan fingerprint density at radius 1 is 1.73 bits per heavy atom. The molecule has 0 radical (unpaired) electrons. The highest BCUT2D eigenvalue weighted by Gasteiger charge is 2.31. The second kappa shape index (κ2) is 2.97. The first kappa shape index (κ1) is 7.34. The van der Waals surface area contributed by atoms with Crippen LogP contribution in [0.4, 0.5) is 0 Å². The lowest BCUT2D eigenvalue weighted by Crippen LogP contribution is -2.29. The zero-order valence-electron chi connectivity index (χ0n) is 6.32. The molecule has 0 bridgehead atoms. The van der Waals surface area contributed by atoms with Crippen LogP contribution in [0, 0.1) is 0 Å². The Balaban J connectivity index is 2.08. The third kappa shape index (κ3) is 1.48. The van der Waals surface area contributed by atoms with Gasteiger partial charge in [0.1, 0.15) is 0 Å². The summed E-state index contributed by atoms with van der Waals surface area (Å²) < 4.78 is 12.1. The van der Waals surface area contributed by atoms with Crippen LogP contribution in [0.15, 0.2) is 17.5 Å². The molecule has 11 heavy (non-hydrogen) atoms. The second-order valence-corrected chi connectivity index (χ2v) is 3.61. The highest BCUT2D eigenvalue weighted by molar-refractivity contribution is 7.20. The summed E-state index contributed by atoms with van der Waals surface area (Å²) in [6.07, 6.45) is 0.238. The number of hydrogen-bond donors (Lipinski definition) is 0. The van der Waals surface area contributed by atoms with Crippen LogP contribution in [-0.4, -0.2) is 19.8 Å². The average Bonchev–Trinajstić information content (AvgIpc) is 2.55. The molecule has 1 aliphatic heterocycles. The highest BCUT2D eigenvalue weighted by atomic mass is 32.1. The quantitative estimate of drug-likeness (QED) is 0.579. The highest BCUT2D eigenvalue weighted by Crippen LogP contribution is 2.09. The van der Waals surface area contributed by atoms with Crippen molar-refractivity contribution in [1.29, 1.82) is 0 Å². The lowest BCUT2D eigenvalue weighted by Gasteiger charge is -2.00. The molecule has 2 rings (SSSR count). The summed E-state index contributed by atoms with van der Waals surface area (Å²) in [5, 5.41) is 2.03. The molecule has 1 fully saturated rings. The number of thiophene rings is 1. The first-order chi connectivity index (χ1) is 5.36. The fourth-order valence-electron chi connectivity index (χ4n) is 1.09. The van der Waals surface area contributed by atoms with Crippen molar-refractivity contribution in [1.82, 2.24) is 0 Å². The van der Waals surface area contributed by atoms with E-state index in [1.807, 2.05) is 24.4 Å². The minimum absolute atomic E-state index is 0.106. The van der Waals surface area contributed by atoms with Crippen LogP contribution in [0.5, 0.6) is 0 Å². The molecule has 2 heterocycles. The van der Waals surface area contributed by atoms with Crippen molar-refractivity contribution in [3.05, 3.63) is 17.5 Å². The normalized spacial score (nSPS) is 24.5. The van der Waals surface area contributed by atoms with Gasteiger partial charge in [-0.05, 0) is 12.3 Å². The molecular formula is C7H9BO2S. The monoisotopic (exact) mass is 168 g/mol. The molecule has 58 valence electrons. The van der Waals surface area contributed by atoms with E-state index in [0.29, 0.717) is 6.61 Å². The van der Waals surface area contributed by atoms with Gasteiger partial charge in [0.15, 0.2) is 0 Å². The smallest absolute Gasteiger partial charge is 0.404 e. The number of hydrogen-bond acceptors (Lipinski definition) is 3. The van der Waals surface area contributed by atoms with Crippen molar-refractivity contribution < 1.29 is 9.31 Å². The predicted octanol–water partition coefficient (Wildman–Crippen LogP) is 0.879. The third-order valence-corrected chi connectivity index (χ3v) is 2.51. The summed E-state index contributed by atoms with van der Waals surface area (Å²) in [5.41, 5.74) is 0. The van der Waals surface area contributed by atoms with E-state index in [2.05, 4.69) is 0 Å². The first-order valence-corrected chi connectivity index (χ1v) is 4.54. The van der Waals surface area contributed by atoms with Gasteiger partial charge < -0.3 is 9.31 Å². The molecule has 0 spiro atoms. The van der Waals surface area contributed by atoms with E-state index in [4.69, 9.17) is 9.31 Å². The van der Waals surface area contributed by atoms with Crippen molar-refractivity contribution in [2.24, 2.45) is 0 Å². The minimum Gasteiger partial charge on any atom is -0.404 e. The van der Waals surface area contributed by atoms with Crippen LogP contribution >= 0.6 is 11.3 Å². The van der Waals surface area contributed by atoms with E-state index in [9.17, 15) is 0 Å². The standard InChI is InChI=1S/C7H9BO2S/c1-6-5-9-8(10-6)7-3-2-4-11-7/h2-4,6H,5H2,1H3. The zero-order valence-corrected chi connectivity index (χ0v) is 7.14. The molecule has 4 heteroatoms. The molecular weight excluding hydrogens is 159 g/mol. The summed E-state index contributed by atoms with van der Waals surface area (Å²) >= 11 is 1.67. The summed E-state index contributed by atoms with van der Waals surface area (Å²) in [6, 6.07) is 4.04. The molecule has 0 amide bonds. The molecule has 0 aromatic carbocycles. The van der Waals surface area contributed by atoms with Gasteiger partial charge in [-0.25, -0.2) is 0 Å². The maximum Gasteiger partial charge on any atom is 0.504 e. The first-order valence-electron chi connectivity index (χ1n) is 3.67. The largest absolute Gasteiger partial charge is 0.504 e. The van der Waals surface area contributed by atoms with E-state index in [1.165, 1.54) is 0 Å². The Morgan fingerprint density at radius 3 is 3.18 bits per heavy atom. The molecule has 1 aliphatic rings. The fraction of sp³-hybridized carbons (Fsp3) is 0.429. The van der Waals surface area contributed by atoms with E-state index < -0.39 is 0 Å². The molecule has 1 aromatic rings. The van der Waals surface area contributed by atoms with Crippen molar-refractivity contribution in [2.45, 2.75) is 13.0 Å². The van der Waals surface area contributed by atoms with Gasteiger partial charge in [0.05, 0.1) is 12.7 Å². The van der Waals surface area contributed by atoms with Crippen LogP contribution in [0.3, 0.4) is 0 Å². The predicted molar refractivity (Wildman–Crippen MR) is 46.2 cm³/mol. The van der Waals surface area contributed by atoms with Crippen LogP contribution < -0.4 is 4.78 Å². The SMILES string of the molecule is CC1COB(c2cccs2)O1. The van der Waals surface area contributed by atoms with Gasteiger partial charge in [-0.3, -0.25) is 0 Å². The minimum atomic E-state index is -0.106. The Labute approximate surface area is 70.3 Å². The maximum absolute atomic E-state index is 5.49. The lowest BCUT2D eigenvalue weighted by atomic mass is 9.88. The van der Waals surface area contributed by atoms with Crippen LogP contribution in [0.2, 0.25) is 0 Å². The van der Waals surface area contributed by atoms with Crippen molar-refractivity contribution >= 4 is 23.2 Å². The van der Waals surface area contributed by atoms with Gasteiger partial charge in [-0.15, -0.1) is 0 Å². The lowest BCUT2D eigenvalue weighted by molar-refractivity contribution is 0.258. The van der Waals surface area contributed by atoms with E-state index in [0.717, 1.165) is 4.78 Å². The van der Waals surface area contributed by atoms with Gasteiger partial charge in [0, 0.05) is 4.78 Å². The van der Waals surface area contributed by atoms with Crippen LogP contribution in [-0.2, 0) is 9.31 Å². The Kier molecular flexibility index (Phi) is 1.98. The second-order valence-electron chi connectivity index (χ2n) is 2.63. The molecule has 0 N–H and O–H groups in total. The topological polar surface area (TPSA) is 18.5 Å². The Hall–Kier alpha value is -0.315. The fourth-order valence-corrected chi connectivity index (χ4v) is 1.79. The molecule has 1 atom stereocenters. The van der Waals surface area contributed by atoms with Gasteiger partial charge in [-0.2, -0.15) is 11.3 Å². The third-order valence-electron chi connectivity index (χ3n) is 1.61. The van der Waals surface area contributed by atoms with Crippen molar-refractivity contribution in [3.63, 3.8) is 0 Å². The molecule has 0 saturated carbocycles. The van der Waals surface area contributed by atoms with Gasteiger partial charge >= 0.3 is 7.12 Å². The molecule has 1 unspecified atom stereocenters. The molecule has 1 aromatic heterocycles. The molecule has 1 saturated heterocycles. The summed E-state index contributed by atoms with van der Waals surface area (Å²) in [7, 11) is -0.106. The van der Waals surface area contributed by atoms with Crippen molar-refractivity contribution in [2.75, 3.05) is 6.61 Å². The average molecular weight is 168 g/mol. The number of rotatable bonds is 1. The van der Waals surface area contributed by atoms with Crippen molar-refractivity contribution in [3.8, 4) is 0 Å². The summed E-state index contributed by atoms with van der Waals surface area (Å²) in [5.74, 6) is 0. The van der Waals surface area contributed by atoms with E-state index in [1.54, 1.807) is 11.3 Å². The molecule has 2 nitrogen and oxygen atoms in total. The van der Waals surface area contributed by atoms with Gasteiger partial charge in [-0.1, -0.05) is 12.1 Å². The maximum atomic E-state index is 5.49. The Morgan fingerprint density at radius 2 is 2.64 bits per heavy atom. The zero-order chi connectivity index (χ0) is 7.68. The summed E-state index contributed by atoms with van der Waals surface area (Å²) in [4.78, 5) is 0. The van der Waals surface area contributed by atoms with Crippen LogP contribution in [0.1, 0.15) is 6.92 Å². The molecule has 0 aliphatic carbocycles.